The van der Waals surface area contributed by atoms with E-state index in [1.54, 1.807) is 6.20 Å². The summed E-state index contributed by atoms with van der Waals surface area (Å²) in [6.45, 7) is 2.62. The summed E-state index contributed by atoms with van der Waals surface area (Å²) in [5.41, 5.74) is 0.997. The highest BCUT2D eigenvalue weighted by atomic mass is 16.2. The smallest absolute Gasteiger partial charge is 0.226 e. The number of nitrogens with zero attached hydrogens (tertiary/aromatic N) is 2. The number of hydrogen-bond donors (Lipinski definition) is 1. The van der Waals surface area contributed by atoms with Crippen molar-refractivity contribution in [2.75, 3.05) is 13.1 Å². The first-order valence-corrected chi connectivity index (χ1v) is 7.25. The zero-order valence-corrected chi connectivity index (χ0v) is 11.2. The first-order chi connectivity index (χ1) is 9.34. The van der Waals surface area contributed by atoms with Crippen LogP contribution in [0.1, 0.15) is 31.4 Å². The highest BCUT2D eigenvalue weighted by Crippen LogP contribution is 2.30. The van der Waals surface area contributed by atoms with Crippen LogP contribution in [0.4, 0.5) is 0 Å². The van der Waals surface area contributed by atoms with Crippen LogP contribution in [-0.2, 0) is 11.3 Å². The Hall–Kier alpha value is -1.42. The molecule has 102 valence electrons. The number of rotatable bonds is 4. The van der Waals surface area contributed by atoms with E-state index in [1.807, 2.05) is 18.2 Å². The van der Waals surface area contributed by atoms with Crippen LogP contribution in [0.5, 0.6) is 0 Å². The van der Waals surface area contributed by atoms with Crippen LogP contribution in [0.25, 0.3) is 0 Å². The summed E-state index contributed by atoms with van der Waals surface area (Å²) >= 11 is 0. The van der Waals surface area contributed by atoms with Crippen LogP contribution in [0.2, 0.25) is 0 Å². The molecule has 0 aromatic carbocycles. The van der Waals surface area contributed by atoms with E-state index in [2.05, 4.69) is 15.2 Å². The average molecular weight is 259 g/mol. The number of nitrogens with one attached hydrogen (secondary N) is 1. The Morgan fingerprint density at radius 2 is 2.05 bits per heavy atom. The standard InChI is InChI=1S/C15H21N3O/c19-15(12-6-9-16-10-7-12)18(14-4-5-14)11-13-3-1-2-8-17-13/h1-3,8,12,14,16H,4-7,9-11H2. The van der Waals surface area contributed by atoms with Gasteiger partial charge in [0.2, 0.25) is 5.91 Å². The fraction of sp³-hybridized carbons (Fsp3) is 0.600. The van der Waals surface area contributed by atoms with Crippen molar-refractivity contribution in [3.05, 3.63) is 30.1 Å². The average Bonchev–Trinajstić information content (AvgIpc) is 3.31. The Labute approximate surface area is 114 Å². The second-order valence-electron chi connectivity index (χ2n) is 5.54. The molecule has 3 rings (SSSR count). The monoisotopic (exact) mass is 259 g/mol. The van der Waals surface area contributed by atoms with Crippen molar-refractivity contribution in [1.29, 1.82) is 0 Å². The molecule has 1 amide bonds. The molecule has 0 spiro atoms. The maximum Gasteiger partial charge on any atom is 0.226 e. The van der Waals surface area contributed by atoms with Gasteiger partial charge in [-0.05, 0) is 50.9 Å². The highest BCUT2D eigenvalue weighted by Gasteiger charge is 2.36. The fourth-order valence-corrected chi connectivity index (χ4v) is 2.74. The summed E-state index contributed by atoms with van der Waals surface area (Å²) < 4.78 is 0. The van der Waals surface area contributed by atoms with Gasteiger partial charge < -0.3 is 10.2 Å². The lowest BCUT2D eigenvalue weighted by Gasteiger charge is -2.29. The highest BCUT2D eigenvalue weighted by molar-refractivity contribution is 5.79. The molecule has 0 unspecified atom stereocenters. The summed E-state index contributed by atoms with van der Waals surface area (Å²) in [4.78, 5) is 19.1. The van der Waals surface area contributed by atoms with E-state index < -0.39 is 0 Å². The molecule has 2 aliphatic rings. The Morgan fingerprint density at radius 1 is 1.26 bits per heavy atom. The van der Waals surface area contributed by atoms with Gasteiger partial charge in [-0.2, -0.15) is 0 Å². The predicted molar refractivity (Wildman–Crippen MR) is 73.4 cm³/mol. The van der Waals surface area contributed by atoms with Gasteiger partial charge >= 0.3 is 0 Å². The van der Waals surface area contributed by atoms with E-state index in [0.717, 1.165) is 44.5 Å². The second kappa shape index (κ2) is 5.70. The van der Waals surface area contributed by atoms with E-state index in [-0.39, 0.29) is 5.92 Å². The van der Waals surface area contributed by atoms with Gasteiger partial charge in [0.1, 0.15) is 0 Å². The maximum atomic E-state index is 12.7. The van der Waals surface area contributed by atoms with Gasteiger partial charge in [-0.25, -0.2) is 0 Å². The Morgan fingerprint density at radius 3 is 2.68 bits per heavy atom. The molecule has 1 aromatic rings. The van der Waals surface area contributed by atoms with Gasteiger partial charge in [0.05, 0.1) is 12.2 Å². The summed E-state index contributed by atoms with van der Waals surface area (Å²) in [5, 5.41) is 3.32. The lowest BCUT2D eigenvalue weighted by Crippen LogP contribution is -2.41. The van der Waals surface area contributed by atoms with E-state index in [4.69, 9.17) is 0 Å². The third kappa shape index (κ3) is 3.13. The maximum absolute atomic E-state index is 12.7. The van der Waals surface area contributed by atoms with E-state index in [9.17, 15) is 4.79 Å². The van der Waals surface area contributed by atoms with Gasteiger partial charge in [-0.15, -0.1) is 0 Å². The first kappa shape index (κ1) is 12.6. The first-order valence-electron chi connectivity index (χ1n) is 7.25. The van der Waals surface area contributed by atoms with Crippen molar-refractivity contribution in [2.45, 2.75) is 38.3 Å². The summed E-state index contributed by atoms with van der Waals surface area (Å²) in [6.07, 6.45) is 6.07. The molecule has 0 radical (unpaired) electrons. The number of pyridine rings is 1. The lowest BCUT2D eigenvalue weighted by molar-refractivity contribution is -0.137. The number of carbonyl (C=O) groups is 1. The van der Waals surface area contributed by atoms with Crippen molar-refractivity contribution in [3.8, 4) is 0 Å². The molecule has 2 heterocycles. The van der Waals surface area contributed by atoms with E-state index in [1.165, 1.54) is 0 Å². The molecule has 0 atom stereocenters. The Balaban J connectivity index is 1.68. The molecule has 2 fully saturated rings. The molecule has 1 aliphatic heterocycles. The second-order valence-corrected chi connectivity index (χ2v) is 5.54. The minimum Gasteiger partial charge on any atom is -0.334 e. The molecule has 1 saturated carbocycles. The van der Waals surface area contributed by atoms with Crippen molar-refractivity contribution in [2.24, 2.45) is 5.92 Å². The minimum absolute atomic E-state index is 0.213. The van der Waals surface area contributed by atoms with Gasteiger partial charge in [0.25, 0.3) is 0 Å². The van der Waals surface area contributed by atoms with Gasteiger partial charge in [-0.1, -0.05) is 6.07 Å². The summed E-state index contributed by atoms with van der Waals surface area (Å²) in [7, 11) is 0. The Kier molecular flexibility index (Phi) is 3.78. The van der Waals surface area contributed by atoms with Gasteiger partial charge in [0, 0.05) is 18.2 Å². The van der Waals surface area contributed by atoms with Crippen molar-refractivity contribution < 1.29 is 4.79 Å². The predicted octanol–water partition coefficient (Wildman–Crippen LogP) is 1.57. The topological polar surface area (TPSA) is 45.2 Å². The number of piperidine rings is 1. The van der Waals surface area contributed by atoms with E-state index in [0.29, 0.717) is 18.5 Å². The van der Waals surface area contributed by atoms with Crippen LogP contribution in [0.3, 0.4) is 0 Å². The Bertz CT molecular complexity index is 424. The van der Waals surface area contributed by atoms with Crippen LogP contribution >= 0.6 is 0 Å². The summed E-state index contributed by atoms with van der Waals surface area (Å²) in [5.74, 6) is 0.556. The zero-order valence-electron chi connectivity index (χ0n) is 11.2. The fourth-order valence-electron chi connectivity index (χ4n) is 2.74. The molecule has 4 nitrogen and oxygen atoms in total. The van der Waals surface area contributed by atoms with Gasteiger partial charge in [-0.3, -0.25) is 9.78 Å². The lowest BCUT2D eigenvalue weighted by atomic mass is 9.96. The quantitative estimate of drug-likeness (QED) is 0.892. The van der Waals surface area contributed by atoms with Crippen molar-refractivity contribution in [1.82, 2.24) is 15.2 Å². The molecule has 1 N–H and O–H groups in total. The molecule has 1 aliphatic carbocycles. The largest absolute Gasteiger partial charge is 0.334 e. The number of hydrogen-bond acceptors (Lipinski definition) is 3. The van der Waals surface area contributed by atoms with Crippen LogP contribution in [-0.4, -0.2) is 34.9 Å². The molecule has 4 heteroatoms. The zero-order chi connectivity index (χ0) is 13.1. The molecule has 19 heavy (non-hydrogen) atoms. The molecular weight excluding hydrogens is 238 g/mol. The number of amides is 1. The normalized spacial score (nSPS) is 20.2. The summed E-state index contributed by atoms with van der Waals surface area (Å²) in [6, 6.07) is 6.37. The van der Waals surface area contributed by atoms with E-state index >= 15 is 0 Å². The third-order valence-corrected chi connectivity index (χ3v) is 4.02. The van der Waals surface area contributed by atoms with Crippen LogP contribution in [0.15, 0.2) is 24.4 Å². The molecule has 1 aromatic heterocycles. The molecular formula is C15H21N3O. The van der Waals surface area contributed by atoms with Crippen molar-refractivity contribution >= 4 is 5.91 Å². The molecule has 0 bridgehead atoms. The van der Waals surface area contributed by atoms with Crippen LogP contribution in [0, 0.1) is 5.92 Å². The van der Waals surface area contributed by atoms with Gasteiger partial charge in [0.15, 0.2) is 0 Å². The molecule has 1 saturated heterocycles. The number of carbonyl (C=O) groups excluding carboxylic acids is 1. The minimum atomic E-state index is 0.213. The van der Waals surface area contributed by atoms with Crippen LogP contribution < -0.4 is 5.32 Å². The SMILES string of the molecule is O=C(C1CCNCC1)N(Cc1ccccn1)C1CC1. The van der Waals surface area contributed by atoms with Crippen molar-refractivity contribution in [3.63, 3.8) is 0 Å². The third-order valence-electron chi connectivity index (χ3n) is 4.02. The number of aromatic nitrogens is 1.